The molecule has 0 bridgehead atoms. The van der Waals surface area contributed by atoms with Gasteiger partial charge in [0, 0.05) is 36.9 Å². The van der Waals surface area contributed by atoms with E-state index in [9.17, 15) is 9.50 Å². The Morgan fingerprint density at radius 1 is 1.38 bits per heavy atom. The van der Waals surface area contributed by atoms with Gasteiger partial charge in [0.25, 0.3) is 0 Å². The second-order valence-corrected chi connectivity index (χ2v) is 7.00. The minimum Gasteiger partial charge on any atom is -0.396 e. The molecule has 1 N–H and O–H groups in total. The van der Waals surface area contributed by atoms with Crippen LogP contribution in [0.3, 0.4) is 0 Å². The summed E-state index contributed by atoms with van der Waals surface area (Å²) < 4.78 is 15.1. The maximum absolute atomic E-state index is 13.4. The van der Waals surface area contributed by atoms with Crippen LogP contribution < -0.4 is 0 Å². The van der Waals surface area contributed by atoms with E-state index in [1.165, 1.54) is 12.1 Å². The second-order valence-electron chi connectivity index (χ2n) is 7.00. The van der Waals surface area contributed by atoms with Gasteiger partial charge in [0.2, 0.25) is 0 Å². The summed E-state index contributed by atoms with van der Waals surface area (Å²) in [4.78, 5) is 2.41. The van der Waals surface area contributed by atoms with E-state index in [2.05, 4.69) is 16.9 Å². The van der Waals surface area contributed by atoms with Gasteiger partial charge in [-0.1, -0.05) is 19.4 Å². The molecule has 4 nitrogen and oxygen atoms in total. The van der Waals surface area contributed by atoms with E-state index in [1.807, 2.05) is 18.5 Å². The number of hydrogen-bond acceptors (Lipinski definition) is 3. The van der Waals surface area contributed by atoms with Crippen molar-refractivity contribution in [2.24, 2.45) is 5.41 Å². The van der Waals surface area contributed by atoms with E-state index >= 15 is 0 Å². The SMILES string of the molecule is CCC[C@@]1(CO)CCCN(Cc2cnn(-c3cccc(F)c3)c2)C1. The van der Waals surface area contributed by atoms with Crippen molar-refractivity contribution in [3.05, 3.63) is 48.0 Å². The van der Waals surface area contributed by atoms with E-state index in [4.69, 9.17) is 0 Å². The summed E-state index contributed by atoms with van der Waals surface area (Å²) in [5, 5.41) is 14.2. The Bertz CT molecular complexity index is 668. The van der Waals surface area contributed by atoms with Crippen molar-refractivity contribution in [3.8, 4) is 5.69 Å². The molecule has 0 saturated carbocycles. The lowest BCUT2D eigenvalue weighted by Crippen LogP contribution is -2.44. The Kier molecular flexibility index (Phi) is 5.31. The highest BCUT2D eigenvalue weighted by Crippen LogP contribution is 2.34. The van der Waals surface area contributed by atoms with Gasteiger partial charge in [-0.15, -0.1) is 0 Å². The van der Waals surface area contributed by atoms with Crippen LogP contribution in [-0.2, 0) is 6.54 Å². The lowest BCUT2D eigenvalue weighted by Gasteiger charge is -2.41. The van der Waals surface area contributed by atoms with Crippen molar-refractivity contribution in [1.29, 1.82) is 0 Å². The van der Waals surface area contributed by atoms with Crippen LogP contribution >= 0.6 is 0 Å². The molecule has 1 aromatic carbocycles. The van der Waals surface area contributed by atoms with Crippen molar-refractivity contribution < 1.29 is 9.50 Å². The summed E-state index contributed by atoms with van der Waals surface area (Å²) in [6.07, 6.45) is 8.22. The monoisotopic (exact) mass is 331 g/mol. The molecule has 2 heterocycles. The maximum atomic E-state index is 13.4. The molecule has 1 aromatic heterocycles. The Morgan fingerprint density at radius 2 is 2.25 bits per heavy atom. The van der Waals surface area contributed by atoms with E-state index < -0.39 is 0 Å². The number of nitrogens with zero attached hydrogens (tertiary/aromatic N) is 3. The van der Waals surface area contributed by atoms with Crippen LogP contribution in [0, 0.1) is 11.2 Å². The van der Waals surface area contributed by atoms with Crippen molar-refractivity contribution >= 4 is 0 Å². The number of benzene rings is 1. The van der Waals surface area contributed by atoms with Gasteiger partial charge in [0.1, 0.15) is 5.82 Å². The van der Waals surface area contributed by atoms with Gasteiger partial charge >= 0.3 is 0 Å². The first-order chi connectivity index (χ1) is 11.6. The number of aliphatic hydroxyl groups excluding tert-OH is 1. The first-order valence-electron chi connectivity index (χ1n) is 8.77. The predicted octanol–water partition coefficient (Wildman–Crippen LogP) is 3.39. The minimum absolute atomic E-state index is 0.0472. The third kappa shape index (κ3) is 3.84. The maximum Gasteiger partial charge on any atom is 0.125 e. The fraction of sp³-hybridized carbons (Fsp3) is 0.526. The van der Waals surface area contributed by atoms with E-state index in [-0.39, 0.29) is 17.8 Å². The summed E-state index contributed by atoms with van der Waals surface area (Å²) in [5.41, 5.74) is 1.89. The van der Waals surface area contributed by atoms with Crippen LogP contribution in [0.5, 0.6) is 0 Å². The van der Waals surface area contributed by atoms with Crippen molar-refractivity contribution in [2.75, 3.05) is 19.7 Å². The molecule has 1 aliphatic heterocycles. The quantitative estimate of drug-likeness (QED) is 0.882. The van der Waals surface area contributed by atoms with Crippen LogP contribution in [-0.4, -0.2) is 39.5 Å². The summed E-state index contributed by atoms with van der Waals surface area (Å²) in [6, 6.07) is 6.45. The smallest absolute Gasteiger partial charge is 0.125 e. The molecule has 1 aliphatic rings. The Hall–Kier alpha value is -1.72. The zero-order valence-corrected chi connectivity index (χ0v) is 14.3. The van der Waals surface area contributed by atoms with Crippen LogP contribution in [0.15, 0.2) is 36.7 Å². The average Bonchev–Trinajstić information content (AvgIpc) is 3.04. The molecular formula is C19H26FN3O. The van der Waals surface area contributed by atoms with Crippen molar-refractivity contribution in [1.82, 2.24) is 14.7 Å². The largest absolute Gasteiger partial charge is 0.396 e. The first kappa shape index (κ1) is 17.1. The van der Waals surface area contributed by atoms with Gasteiger partial charge in [-0.25, -0.2) is 9.07 Å². The van der Waals surface area contributed by atoms with Gasteiger partial charge < -0.3 is 5.11 Å². The fourth-order valence-corrected chi connectivity index (χ4v) is 3.85. The lowest BCUT2D eigenvalue weighted by atomic mass is 9.77. The molecule has 0 spiro atoms. The second kappa shape index (κ2) is 7.45. The third-order valence-electron chi connectivity index (χ3n) is 4.97. The molecule has 1 fully saturated rings. The van der Waals surface area contributed by atoms with Gasteiger partial charge in [-0.3, -0.25) is 4.90 Å². The highest BCUT2D eigenvalue weighted by atomic mass is 19.1. The van der Waals surface area contributed by atoms with Crippen LogP contribution in [0.2, 0.25) is 0 Å². The summed E-state index contributed by atoms with van der Waals surface area (Å²) in [6.45, 7) is 5.25. The molecule has 5 heteroatoms. The molecule has 3 rings (SSSR count). The molecule has 0 aliphatic carbocycles. The Morgan fingerprint density at radius 3 is 3.00 bits per heavy atom. The molecule has 1 atom stereocenters. The van der Waals surface area contributed by atoms with E-state index in [1.54, 1.807) is 10.7 Å². The highest BCUT2D eigenvalue weighted by Gasteiger charge is 2.34. The summed E-state index contributed by atoms with van der Waals surface area (Å²) in [7, 11) is 0. The molecule has 0 amide bonds. The predicted molar refractivity (Wildman–Crippen MR) is 92.5 cm³/mol. The van der Waals surface area contributed by atoms with Crippen LogP contribution in [0.25, 0.3) is 5.69 Å². The van der Waals surface area contributed by atoms with E-state index in [0.29, 0.717) is 0 Å². The fourth-order valence-electron chi connectivity index (χ4n) is 3.85. The highest BCUT2D eigenvalue weighted by molar-refractivity contribution is 5.31. The van der Waals surface area contributed by atoms with Gasteiger partial charge in [0.15, 0.2) is 0 Å². The number of piperidine rings is 1. The molecule has 1 saturated heterocycles. The van der Waals surface area contributed by atoms with Crippen molar-refractivity contribution in [2.45, 2.75) is 39.2 Å². The normalized spacial score (nSPS) is 22.0. The Balaban J connectivity index is 1.68. The average molecular weight is 331 g/mol. The summed E-state index contributed by atoms with van der Waals surface area (Å²) in [5.74, 6) is -0.257. The molecule has 0 radical (unpaired) electrons. The zero-order chi connectivity index (χ0) is 17.0. The Labute approximate surface area is 142 Å². The van der Waals surface area contributed by atoms with Crippen LogP contribution in [0.4, 0.5) is 4.39 Å². The number of likely N-dealkylation sites (tertiary alicyclic amines) is 1. The molecule has 2 aromatic rings. The number of halogens is 1. The molecular weight excluding hydrogens is 305 g/mol. The third-order valence-corrected chi connectivity index (χ3v) is 4.97. The minimum atomic E-state index is -0.257. The topological polar surface area (TPSA) is 41.3 Å². The summed E-state index contributed by atoms with van der Waals surface area (Å²) >= 11 is 0. The van der Waals surface area contributed by atoms with E-state index in [0.717, 1.165) is 56.6 Å². The number of hydrogen-bond donors (Lipinski definition) is 1. The lowest BCUT2D eigenvalue weighted by molar-refractivity contribution is 0.0216. The number of aliphatic hydroxyl groups is 1. The molecule has 0 unspecified atom stereocenters. The molecule has 130 valence electrons. The zero-order valence-electron chi connectivity index (χ0n) is 14.3. The molecule has 24 heavy (non-hydrogen) atoms. The van der Waals surface area contributed by atoms with Crippen molar-refractivity contribution in [3.63, 3.8) is 0 Å². The van der Waals surface area contributed by atoms with Gasteiger partial charge in [-0.2, -0.15) is 5.10 Å². The van der Waals surface area contributed by atoms with Crippen LogP contribution in [0.1, 0.15) is 38.2 Å². The number of rotatable bonds is 6. The number of aromatic nitrogens is 2. The van der Waals surface area contributed by atoms with Gasteiger partial charge in [0.05, 0.1) is 11.9 Å². The van der Waals surface area contributed by atoms with Gasteiger partial charge in [-0.05, 0) is 44.0 Å². The standard InChI is InChI=1S/C19H26FN3O/c1-2-7-19(15-24)8-4-9-22(14-19)12-16-11-21-23(13-16)18-6-3-5-17(20)10-18/h3,5-6,10-11,13,24H,2,4,7-9,12,14-15H2,1H3/t19-/m1/s1. The first-order valence-corrected chi connectivity index (χ1v) is 8.77.